The second-order valence-corrected chi connectivity index (χ2v) is 10.0. The maximum absolute atomic E-state index is 13.2. The summed E-state index contributed by atoms with van der Waals surface area (Å²) in [5.41, 5.74) is 5.03. The number of ether oxygens (including phenoxy) is 1. The minimum Gasteiger partial charge on any atom is -0.452 e. The predicted molar refractivity (Wildman–Crippen MR) is 129 cm³/mol. The van der Waals surface area contributed by atoms with E-state index in [4.69, 9.17) is 27.9 Å². The number of nitrogens with one attached hydrogen (secondary N) is 2. The molecule has 4 amide bonds. The van der Waals surface area contributed by atoms with Crippen molar-refractivity contribution in [2.75, 3.05) is 11.5 Å². The second kappa shape index (κ2) is 9.55. The average molecular weight is 530 g/mol. The molecular weight excluding hydrogens is 509 g/mol. The molecule has 2 N–H and O–H groups in total. The van der Waals surface area contributed by atoms with Gasteiger partial charge in [0.1, 0.15) is 0 Å². The Morgan fingerprint density at radius 3 is 2.11 bits per heavy atom. The molecule has 3 fully saturated rings. The lowest BCUT2D eigenvalue weighted by atomic mass is 9.80. The monoisotopic (exact) mass is 529 g/mol. The molecule has 1 aliphatic heterocycles. The third-order valence-electron chi connectivity index (χ3n) is 7.01. The van der Waals surface area contributed by atoms with E-state index in [9.17, 15) is 24.0 Å². The molecule has 2 saturated carbocycles. The van der Waals surface area contributed by atoms with E-state index in [0.717, 1.165) is 4.90 Å². The van der Waals surface area contributed by atoms with E-state index in [1.54, 1.807) is 36.4 Å². The maximum Gasteiger partial charge on any atom is 0.338 e. The molecule has 2 aromatic carbocycles. The van der Waals surface area contributed by atoms with Gasteiger partial charge in [-0.3, -0.25) is 34.9 Å². The van der Waals surface area contributed by atoms with Gasteiger partial charge in [-0.2, -0.15) is 0 Å². The summed E-state index contributed by atoms with van der Waals surface area (Å²) in [7, 11) is 0. The number of esters is 1. The molecule has 1 heterocycles. The molecule has 0 radical (unpaired) electrons. The Hall–Kier alpha value is -3.43. The first-order chi connectivity index (χ1) is 17.3. The van der Waals surface area contributed by atoms with Gasteiger partial charge in [-0.1, -0.05) is 24.3 Å². The molecule has 3 aliphatic rings. The highest BCUT2D eigenvalue weighted by Crippen LogP contribution is 2.59. The summed E-state index contributed by atoms with van der Waals surface area (Å²) in [6.45, 7) is -0.651. The lowest BCUT2D eigenvalue weighted by molar-refractivity contribution is -0.125. The summed E-state index contributed by atoms with van der Waals surface area (Å²) in [5, 5.41) is -0.723. The number of halogens is 2. The minimum atomic E-state index is -0.831. The zero-order chi connectivity index (χ0) is 25.6. The van der Waals surface area contributed by atoms with Crippen molar-refractivity contribution in [1.82, 2.24) is 10.9 Å². The van der Waals surface area contributed by atoms with E-state index >= 15 is 0 Å². The molecule has 2 bridgehead atoms. The van der Waals surface area contributed by atoms with E-state index < -0.39 is 36.2 Å². The first-order valence-corrected chi connectivity index (χ1v) is 12.2. The first-order valence-electron chi connectivity index (χ1n) is 11.4. The van der Waals surface area contributed by atoms with Gasteiger partial charge in [0.05, 0.1) is 33.8 Å². The van der Waals surface area contributed by atoms with Crippen LogP contribution in [0, 0.1) is 23.7 Å². The summed E-state index contributed by atoms with van der Waals surface area (Å²) < 4.78 is 5.02. The zero-order valence-electron chi connectivity index (χ0n) is 18.7. The summed E-state index contributed by atoms with van der Waals surface area (Å²) >= 11 is 12.8. The van der Waals surface area contributed by atoms with Crippen LogP contribution < -0.4 is 15.8 Å². The number of amides is 4. The highest BCUT2D eigenvalue weighted by atomic mass is 35.5. The van der Waals surface area contributed by atoms with Crippen molar-refractivity contribution in [1.29, 1.82) is 0 Å². The Bertz CT molecular complexity index is 1220. The molecule has 0 spiro atoms. The van der Waals surface area contributed by atoms with Crippen LogP contribution in [0.5, 0.6) is 0 Å². The SMILES string of the molecule is O=C(COC(=O)c1cccc(N2C(=O)[C@@H]3[C@H]4C[C@@H]([C@H](Cl)[C@H]4Cl)[C@H]3C2=O)c1)NNC(=O)c1ccccc1. The van der Waals surface area contributed by atoms with Gasteiger partial charge in [0.25, 0.3) is 11.8 Å². The molecule has 1 saturated heterocycles. The molecule has 5 rings (SSSR count). The smallest absolute Gasteiger partial charge is 0.338 e. The Balaban J connectivity index is 1.20. The maximum atomic E-state index is 13.2. The van der Waals surface area contributed by atoms with E-state index in [1.807, 2.05) is 0 Å². The fourth-order valence-electron chi connectivity index (χ4n) is 5.41. The molecule has 36 heavy (non-hydrogen) atoms. The Kier molecular flexibility index (Phi) is 6.44. The fourth-order valence-corrected chi connectivity index (χ4v) is 6.31. The van der Waals surface area contributed by atoms with Crippen molar-refractivity contribution < 1.29 is 28.7 Å². The third kappa shape index (κ3) is 4.12. The van der Waals surface area contributed by atoms with E-state index in [-0.39, 0.29) is 45.7 Å². The van der Waals surface area contributed by atoms with Gasteiger partial charge in [-0.05, 0) is 48.6 Å². The van der Waals surface area contributed by atoms with Crippen LogP contribution in [0.4, 0.5) is 5.69 Å². The lowest BCUT2D eigenvalue weighted by Gasteiger charge is -2.28. The number of anilines is 1. The molecule has 2 aromatic rings. The topological polar surface area (TPSA) is 122 Å². The van der Waals surface area contributed by atoms with Gasteiger partial charge in [0.2, 0.25) is 11.8 Å². The van der Waals surface area contributed by atoms with Crippen LogP contribution in [0.3, 0.4) is 0 Å². The Labute approximate surface area is 216 Å². The summed E-state index contributed by atoms with van der Waals surface area (Å²) in [4.78, 5) is 63.9. The van der Waals surface area contributed by atoms with E-state index in [0.29, 0.717) is 12.0 Å². The second-order valence-electron chi connectivity index (χ2n) is 9.01. The normalized spacial score (nSPS) is 28.1. The third-order valence-corrected chi connectivity index (χ3v) is 8.33. The van der Waals surface area contributed by atoms with Crippen LogP contribution in [-0.2, 0) is 19.1 Å². The van der Waals surface area contributed by atoms with E-state index in [1.165, 1.54) is 18.2 Å². The highest BCUT2D eigenvalue weighted by Gasteiger charge is 2.66. The predicted octanol–water partition coefficient (Wildman–Crippen LogP) is 2.27. The Morgan fingerprint density at radius 2 is 1.47 bits per heavy atom. The van der Waals surface area contributed by atoms with Gasteiger partial charge in [-0.15, -0.1) is 23.2 Å². The molecule has 186 valence electrons. The van der Waals surface area contributed by atoms with Crippen LogP contribution >= 0.6 is 23.2 Å². The number of rotatable bonds is 5. The van der Waals surface area contributed by atoms with Crippen molar-refractivity contribution >= 4 is 58.5 Å². The van der Waals surface area contributed by atoms with Gasteiger partial charge >= 0.3 is 5.97 Å². The van der Waals surface area contributed by atoms with Crippen molar-refractivity contribution in [3.8, 4) is 0 Å². The molecular formula is C25H21Cl2N3O6. The average Bonchev–Trinajstić information content (AvgIpc) is 3.51. The number of alkyl halides is 2. The number of imide groups is 1. The quantitative estimate of drug-likeness (QED) is 0.265. The van der Waals surface area contributed by atoms with E-state index in [2.05, 4.69) is 10.9 Å². The van der Waals surface area contributed by atoms with Crippen LogP contribution in [0.25, 0.3) is 0 Å². The Morgan fingerprint density at radius 1 is 0.861 bits per heavy atom. The number of carbonyl (C=O) groups is 5. The van der Waals surface area contributed by atoms with Gasteiger partial charge < -0.3 is 4.74 Å². The molecule has 11 heteroatoms. The lowest BCUT2D eigenvalue weighted by Crippen LogP contribution is -2.43. The molecule has 2 aliphatic carbocycles. The first kappa shape index (κ1) is 24.3. The van der Waals surface area contributed by atoms with Crippen molar-refractivity contribution in [3.63, 3.8) is 0 Å². The van der Waals surface area contributed by atoms with Gasteiger partial charge in [0.15, 0.2) is 6.61 Å². The van der Waals surface area contributed by atoms with Crippen LogP contribution in [0.2, 0.25) is 0 Å². The van der Waals surface area contributed by atoms with Crippen LogP contribution in [-0.4, -0.2) is 47.0 Å². The van der Waals surface area contributed by atoms with Gasteiger partial charge in [0, 0.05) is 5.56 Å². The number of hydrazine groups is 1. The van der Waals surface area contributed by atoms with Crippen molar-refractivity contribution in [3.05, 3.63) is 65.7 Å². The standard InChI is InChI=1S/C25H21Cl2N3O6/c26-20-15-10-16(21(20)27)19-18(15)23(33)30(24(19)34)14-8-4-7-13(9-14)25(35)36-11-17(31)28-29-22(32)12-5-2-1-3-6-12/h1-9,15-16,18-21H,10-11H2,(H,28,31)(H,29,32)/t15-,16-,18-,19-,20+,21+/m1/s1. The minimum absolute atomic E-state index is 0.0553. The largest absolute Gasteiger partial charge is 0.452 e. The number of benzene rings is 2. The molecule has 9 nitrogen and oxygen atoms in total. The number of hydrogen-bond donors (Lipinski definition) is 2. The summed E-state index contributed by atoms with van der Waals surface area (Å²) in [6, 6.07) is 14.1. The highest BCUT2D eigenvalue weighted by molar-refractivity contribution is 6.32. The van der Waals surface area contributed by atoms with Crippen LogP contribution in [0.15, 0.2) is 54.6 Å². The summed E-state index contributed by atoms with van der Waals surface area (Å²) in [5.74, 6) is -4.11. The zero-order valence-corrected chi connectivity index (χ0v) is 20.2. The number of hydrogen-bond acceptors (Lipinski definition) is 6. The van der Waals surface area contributed by atoms with Crippen molar-refractivity contribution in [2.45, 2.75) is 17.2 Å². The number of fused-ring (bicyclic) bond motifs is 5. The fraction of sp³-hybridized carbons (Fsp3) is 0.320. The number of carbonyl (C=O) groups excluding carboxylic acids is 5. The number of nitrogens with zero attached hydrogens (tertiary/aromatic N) is 1. The van der Waals surface area contributed by atoms with Gasteiger partial charge in [-0.25, -0.2) is 4.79 Å². The molecule has 6 atom stereocenters. The van der Waals surface area contributed by atoms with Crippen LogP contribution in [0.1, 0.15) is 27.1 Å². The summed E-state index contributed by atoms with van der Waals surface area (Å²) in [6.07, 6.45) is 0.656. The molecule has 0 unspecified atom stereocenters. The van der Waals surface area contributed by atoms with Crippen molar-refractivity contribution in [2.24, 2.45) is 23.7 Å². The molecule has 0 aromatic heterocycles.